The van der Waals surface area contributed by atoms with Crippen LogP contribution in [0, 0.1) is 0 Å². The van der Waals surface area contributed by atoms with Crippen LogP contribution in [0.15, 0.2) is 12.2 Å². The molecule has 88 valence electrons. The van der Waals surface area contributed by atoms with E-state index in [4.69, 9.17) is 4.74 Å². The average Bonchev–Trinajstić information content (AvgIpc) is 2.50. The molecule has 3 aliphatic rings. The number of nitrogens with zero attached hydrogens (tertiary/aromatic N) is 1. The third-order valence-electron chi connectivity index (χ3n) is 4.60. The molecule has 2 heterocycles. The minimum atomic E-state index is -0.331. The van der Waals surface area contributed by atoms with Crippen LogP contribution in [0.5, 0.6) is 0 Å². The summed E-state index contributed by atoms with van der Waals surface area (Å²) in [7, 11) is 0. The van der Waals surface area contributed by atoms with Crippen LogP contribution in [0.3, 0.4) is 0 Å². The fraction of sp³-hybridized carbons (Fsp3) is 0.769. The van der Waals surface area contributed by atoms with E-state index < -0.39 is 0 Å². The molecule has 1 aliphatic carbocycles. The SMILES string of the molecule is C[C@@]12CCCCN1C(=O)O[C@@]21C=CCCC1. The van der Waals surface area contributed by atoms with Gasteiger partial charge in [0.25, 0.3) is 0 Å². The van der Waals surface area contributed by atoms with Gasteiger partial charge in [-0.15, -0.1) is 0 Å². The van der Waals surface area contributed by atoms with Crippen molar-refractivity contribution in [2.75, 3.05) is 6.54 Å². The topological polar surface area (TPSA) is 29.5 Å². The molecule has 2 saturated heterocycles. The maximum atomic E-state index is 12.0. The molecule has 2 fully saturated rings. The van der Waals surface area contributed by atoms with Crippen molar-refractivity contribution in [3.05, 3.63) is 12.2 Å². The lowest BCUT2D eigenvalue weighted by molar-refractivity contribution is 0.00745. The van der Waals surface area contributed by atoms with E-state index in [1.165, 1.54) is 6.42 Å². The number of ether oxygens (including phenoxy) is 1. The van der Waals surface area contributed by atoms with Crippen molar-refractivity contribution in [1.29, 1.82) is 0 Å². The Bertz CT molecular complexity index is 352. The Labute approximate surface area is 96.4 Å². The maximum Gasteiger partial charge on any atom is 0.411 e. The van der Waals surface area contributed by atoms with E-state index >= 15 is 0 Å². The third-order valence-corrected chi connectivity index (χ3v) is 4.60. The number of piperidine rings is 1. The fourth-order valence-electron chi connectivity index (χ4n) is 3.55. The van der Waals surface area contributed by atoms with Gasteiger partial charge >= 0.3 is 6.09 Å². The fourth-order valence-corrected chi connectivity index (χ4v) is 3.55. The summed E-state index contributed by atoms with van der Waals surface area (Å²) in [6, 6.07) is 0. The number of hydrogen-bond acceptors (Lipinski definition) is 2. The zero-order valence-corrected chi connectivity index (χ0v) is 9.87. The molecule has 3 heteroatoms. The molecule has 0 aromatic carbocycles. The highest BCUT2D eigenvalue weighted by Gasteiger charge is 2.61. The molecule has 0 radical (unpaired) electrons. The number of carbonyl (C=O) groups excluding carboxylic acids is 1. The first-order chi connectivity index (χ1) is 7.68. The summed E-state index contributed by atoms with van der Waals surface area (Å²) in [5, 5.41) is 0. The third kappa shape index (κ3) is 1.12. The molecule has 0 aromatic rings. The van der Waals surface area contributed by atoms with Gasteiger partial charge in [0.05, 0.1) is 5.54 Å². The molecule has 16 heavy (non-hydrogen) atoms. The number of fused-ring (bicyclic) bond motifs is 2. The molecule has 0 N–H and O–H groups in total. The van der Waals surface area contributed by atoms with Crippen LogP contribution in [0.2, 0.25) is 0 Å². The summed E-state index contributed by atoms with van der Waals surface area (Å²) in [5.41, 5.74) is -0.429. The van der Waals surface area contributed by atoms with Crippen molar-refractivity contribution >= 4 is 6.09 Å². The molecule has 0 aromatic heterocycles. The quantitative estimate of drug-likeness (QED) is 0.589. The summed E-state index contributed by atoms with van der Waals surface area (Å²) < 4.78 is 5.74. The lowest BCUT2D eigenvalue weighted by Crippen LogP contribution is -2.57. The molecular weight excluding hydrogens is 202 g/mol. The van der Waals surface area contributed by atoms with Gasteiger partial charge in [0.1, 0.15) is 0 Å². The van der Waals surface area contributed by atoms with E-state index in [-0.39, 0.29) is 17.2 Å². The first-order valence-corrected chi connectivity index (χ1v) is 6.36. The molecule has 0 saturated carbocycles. The predicted molar refractivity (Wildman–Crippen MR) is 61.2 cm³/mol. The Balaban J connectivity index is 2.03. The van der Waals surface area contributed by atoms with E-state index in [1.807, 2.05) is 4.90 Å². The Morgan fingerprint density at radius 3 is 2.94 bits per heavy atom. The van der Waals surface area contributed by atoms with E-state index in [1.54, 1.807) is 0 Å². The Hall–Kier alpha value is -0.990. The average molecular weight is 221 g/mol. The molecule has 3 rings (SSSR count). The maximum absolute atomic E-state index is 12.0. The zero-order chi connectivity index (χ0) is 11.2. The molecule has 3 nitrogen and oxygen atoms in total. The van der Waals surface area contributed by atoms with Gasteiger partial charge in [-0.25, -0.2) is 4.79 Å². The second-order valence-electron chi connectivity index (χ2n) is 5.43. The van der Waals surface area contributed by atoms with Gasteiger partial charge in [0, 0.05) is 6.54 Å². The smallest absolute Gasteiger partial charge is 0.411 e. The van der Waals surface area contributed by atoms with E-state index in [0.29, 0.717) is 0 Å². The van der Waals surface area contributed by atoms with Crippen molar-refractivity contribution < 1.29 is 9.53 Å². The lowest BCUT2D eigenvalue weighted by atomic mass is 9.71. The molecule has 2 atom stereocenters. The number of amides is 1. The van der Waals surface area contributed by atoms with Crippen molar-refractivity contribution in [1.82, 2.24) is 4.90 Å². The predicted octanol–water partition coefficient (Wildman–Crippen LogP) is 2.86. The summed E-state index contributed by atoms with van der Waals surface area (Å²) in [5.74, 6) is 0. The van der Waals surface area contributed by atoms with Crippen LogP contribution < -0.4 is 0 Å². The van der Waals surface area contributed by atoms with Crippen LogP contribution in [0.1, 0.15) is 45.4 Å². The van der Waals surface area contributed by atoms with Crippen molar-refractivity contribution in [2.24, 2.45) is 0 Å². The van der Waals surface area contributed by atoms with Gasteiger partial charge in [-0.3, -0.25) is 4.90 Å². The standard InChI is InChI=1S/C13H19NO2/c1-12-7-5-6-10-14(12)11(15)16-13(12)8-3-2-4-9-13/h3,8H,2,4-7,9-10H2,1H3/t12-,13+/m0/s1. The number of carbonyl (C=O) groups is 1. The van der Waals surface area contributed by atoms with Crippen LogP contribution in [-0.2, 0) is 4.74 Å². The second-order valence-corrected chi connectivity index (χ2v) is 5.43. The molecular formula is C13H19NO2. The molecule has 0 unspecified atom stereocenters. The summed E-state index contributed by atoms with van der Waals surface area (Å²) >= 11 is 0. The van der Waals surface area contributed by atoms with E-state index in [0.717, 1.165) is 38.6 Å². The van der Waals surface area contributed by atoms with Crippen molar-refractivity contribution in [3.8, 4) is 0 Å². The second kappa shape index (κ2) is 3.25. The summed E-state index contributed by atoms with van der Waals surface area (Å²) in [4.78, 5) is 13.9. The molecule has 2 aliphatic heterocycles. The highest BCUT2D eigenvalue weighted by Crippen LogP contribution is 2.49. The normalized spacial score (nSPS) is 42.3. The van der Waals surface area contributed by atoms with E-state index in [9.17, 15) is 4.79 Å². The first kappa shape index (κ1) is 10.2. The highest BCUT2D eigenvalue weighted by atomic mass is 16.6. The number of rotatable bonds is 0. The highest BCUT2D eigenvalue weighted by molar-refractivity contribution is 5.73. The van der Waals surface area contributed by atoms with Crippen LogP contribution in [0.4, 0.5) is 4.79 Å². The lowest BCUT2D eigenvalue weighted by Gasteiger charge is -2.46. The van der Waals surface area contributed by atoms with Gasteiger partial charge in [0.15, 0.2) is 5.60 Å². The number of hydrogen-bond donors (Lipinski definition) is 0. The minimum Gasteiger partial charge on any atom is -0.436 e. The summed E-state index contributed by atoms with van der Waals surface area (Å²) in [6.45, 7) is 3.07. The van der Waals surface area contributed by atoms with Crippen LogP contribution in [0.25, 0.3) is 0 Å². The minimum absolute atomic E-state index is 0.0980. The van der Waals surface area contributed by atoms with Gasteiger partial charge in [-0.2, -0.15) is 0 Å². The summed E-state index contributed by atoms with van der Waals surface area (Å²) in [6.07, 6.45) is 10.9. The Morgan fingerprint density at radius 2 is 2.19 bits per heavy atom. The van der Waals surface area contributed by atoms with Crippen molar-refractivity contribution in [3.63, 3.8) is 0 Å². The van der Waals surface area contributed by atoms with Crippen molar-refractivity contribution in [2.45, 2.75) is 56.6 Å². The van der Waals surface area contributed by atoms with Crippen LogP contribution >= 0.6 is 0 Å². The molecule has 1 spiro atoms. The monoisotopic (exact) mass is 221 g/mol. The molecule has 0 bridgehead atoms. The first-order valence-electron chi connectivity index (χ1n) is 6.36. The van der Waals surface area contributed by atoms with Crippen LogP contribution in [-0.4, -0.2) is 28.7 Å². The Kier molecular flexibility index (Phi) is 2.07. The van der Waals surface area contributed by atoms with Gasteiger partial charge in [0.2, 0.25) is 0 Å². The largest absolute Gasteiger partial charge is 0.436 e. The molecule has 1 amide bonds. The van der Waals surface area contributed by atoms with E-state index in [2.05, 4.69) is 19.1 Å². The van der Waals surface area contributed by atoms with Gasteiger partial charge < -0.3 is 4.74 Å². The van der Waals surface area contributed by atoms with Gasteiger partial charge in [-0.1, -0.05) is 6.08 Å². The number of allylic oxidation sites excluding steroid dienone is 1. The zero-order valence-electron chi connectivity index (χ0n) is 9.87. The Morgan fingerprint density at radius 1 is 1.31 bits per heavy atom. The van der Waals surface area contributed by atoms with Gasteiger partial charge in [-0.05, 0) is 51.5 Å².